The van der Waals surface area contributed by atoms with Crippen LogP contribution in [0.25, 0.3) is 0 Å². The fourth-order valence-electron chi connectivity index (χ4n) is 4.43. The Morgan fingerprint density at radius 3 is 2.30 bits per heavy atom. The molecule has 0 aromatic heterocycles. The van der Waals surface area contributed by atoms with Gasteiger partial charge in [0.05, 0.1) is 4.90 Å². The lowest BCUT2D eigenvalue weighted by Gasteiger charge is -2.35. The molecular formula is C20H31N3O3S. The molecule has 0 aliphatic carbocycles. The van der Waals surface area contributed by atoms with Crippen LogP contribution in [0, 0.1) is 6.92 Å². The van der Waals surface area contributed by atoms with Crippen molar-refractivity contribution in [3.05, 3.63) is 29.3 Å². The van der Waals surface area contributed by atoms with Crippen molar-refractivity contribution in [1.29, 1.82) is 0 Å². The number of nitrogens with zero attached hydrogens (tertiary/aromatic N) is 2. The third kappa shape index (κ3) is 3.91. The van der Waals surface area contributed by atoms with Gasteiger partial charge in [0.1, 0.15) is 0 Å². The smallest absolute Gasteiger partial charge is 0.253 e. The van der Waals surface area contributed by atoms with E-state index in [9.17, 15) is 13.2 Å². The summed E-state index contributed by atoms with van der Waals surface area (Å²) in [6.45, 7) is 6.25. The fraction of sp³-hybridized carbons (Fsp3) is 0.650. The van der Waals surface area contributed by atoms with E-state index in [4.69, 9.17) is 0 Å². The Bertz CT molecular complexity index is 793. The highest BCUT2D eigenvalue weighted by atomic mass is 32.2. The number of hydrogen-bond donors (Lipinski definition) is 1. The topological polar surface area (TPSA) is 69.7 Å². The predicted octanol–water partition coefficient (Wildman–Crippen LogP) is 2.38. The van der Waals surface area contributed by atoms with Gasteiger partial charge in [0.15, 0.2) is 0 Å². The highest BCUT2D eigenvalue weighted by Crippen LogP contribution is 2.30. The lowest BCUT2D eigenvalue weighted by Crippen LogP contribution is -2.48. The lowest BCUT2D eigenvalue weighted by molar-refractivity contribution is 0.0681. The molecule has 0 spiro atoms. The average Bonchev–Trinajstić information content (AvgIpc) is 2.99. The van der Waals surface area contributed by atoms with Gasteiger partial charge in [-0.25, -0.2) is 8.42 Å². The van der Waals surface area contributed by atoms with Gasteiger partial charge < -0.3 is 10.2 Å². The van der Waals surface area contributed by atoms with Crippen molar-refractivity contribution in [3.8, 4) is 0 Å². The van der Waals surface area contributed by atoms with E-state index < -0.39 is 10.0 Å². The zero-order valence-electron chi connectivity index (χ0n) is 16.7. The first kappa shape index (κ1) is 20.3. The van der Waals surface area contributed by atoms with Crippen LogP contribution in [-0.4, -0.2) is 61.8 Å². The van der Waals surface area contributed by atoms with Crippen molar-refractivity contribution in [2.24, 2.45) is 0 Å². The second kappa shape index (κ2) is 7.89. The molecule has 2 bridgehead atoms. The quantitative estimate of drug-likeness (QED) is 0.806. The Hall–Kier alpha value is -1.44. The molecule has 2 fully saturated rings. The van der Waals surface area contributed by atoms with Crippen molar-refractivity contribution < 1.29 is 13.2 Å². The summed E-state index contributed by atoms with van der Waals surface area (Å²) in [6, 6.07) is 6.24. The van der Waals surface area contributed by atoms with E-state index in [1.807, 2.05) is 25.8 Å². The predicted molar refractivity (Wildman–Crippen MR) is 106 cm³/mol. The molecule has 3 rings (SSSR count). The van der Waals surface area contributed by atoms with Crippen LogP contribution >= 0.6 is 0 Å². The highest BCUT2D eigenvalue weighted by molar-refractivity contribution is 7.89. The maximum Gasteiger partial charge on any atom is 0.253 e. The number of rotatable bonds is 6. The molecule has 1 N–H and O–H groups in total. The van der Waals surface area contributed by atoms with Crippen molar-refractivity contribution in [1.82, 2.24) is 14.5 Å². The minimum atomic E-state index is -3.59. The molecule has 2 atom stereocenters. The van der Waals surface area contributed by atoms with Crippen LogP contribution in [0.3, 0.4) is 0 Å². The molecule has 2 saturated heterocycles. The van der Waals surface area contributed by atoms with Crippen LogP contribution in [0.5, 0.6) is 0 Å². The zero-order valence-corrected chi connectivity index (χ0v) is 17.6. The number of benzene rings is 1. The Balaban J connectivity index is 1.85. The molecule has 1 aromatic carbocycles. The van der Waals surface area contributed by atoms with Crippen LogP contribution in [-0.2, 0) is 10.0 Å². The second-order valence-electron chi connectivity index (χ2n) is 7.75. The van der Waals surface area contributed by atoms with Crippen LogP contribution in [0.1, 0.15) is 55.5 Å². The van der Waals surface area contributed by atoms with E-state index in [-0.39, 0.29) is 16.8 Å². The summed E-state index contributed by atoms with van der Waals surface area (Å²) in [4.78, 5) is 15.1. The van der Waals surface area contributed by atoms with Gasteiger partial charge in [-0.1, -0.05) is 19.9 Å². The summed E-state index contributed by atoms with van der Waals surface area (Å²) < 4.78 is 27.3. The first-order valence-corrected chi connectivity index (χ1v) is 11.4. The van der Waals surface area contributed by atoms with E-state index in [0.717, 1.165) is 12.8 Å². The molecule has 0 saturated carbocycles. The van der Waals surface area contributed by atoms with Gasteiger partial charge in [-0.05, 0) is 50.3 Å². The number of nitrogens with one attached hydrogen (secondary N) is 1. The summed E-state index contributed by atoms with van der Waals surface area (Å²) >= 11 is 0. The molecule has 1 aromatic rings. The minimum absolute atomic E-state index is 0.0997. The van der Waals surface area contributed by atoms with E-state index in [1.165, 1.54) is 17.1 Å². The zero-order chi connectivity index (χ0) is 19.8. The monoisotopic (exact) mass is 393 g/mol. The Kier molecular flexibility index (Phi) is 5.93. The molecule has 2 aliphatic heterocycles. The maximum atomic E-state index is 13.1. The summed E-state index contributed by atoms with van der Waals surface area (Å²) in [7, 11) is -1.75. The Morgan fingerprint density at radius 1 is 1.15 bits per heavy atom. The standard InChI is InChI=1S/C20H31N3O3S/c1-5-23(6-2)27(25,26)19-11-15(8-7-14(19)3)20(24)22(4)18-12-16-9-10-17(13-18)21-16/h7-8,11,16-18,21H,5-6,9-10,12-13H2,1-4H3. The number of hydrogen-bond acceptors (Lipinski definition) is 4. The normalized spacial score (nSPS) is 25.0. The largest absolute Gasteiger partial charge is 0.339 e. The van der Waals surface area contributed by atoms with Crippen molar-refractivity contribution in [3.63, 3.8) is 0 Å². The molecule has 7 heteroatoms. The molecule has 2 aliphatic rings. The number of carbonyl (C=O) groups excluding carboxylic acids is 1. The third-order valence-electron chi connectivity index (χ3n) is 6.07. The Labute approximate surface area is 163 Å². The second-order valence-corrected chi connectivity index (χ2v) is 9.66. The van der Waals surface area contributed by atoms with E-state index in [0.29, 0.717) is 36.3 Å². The van der Waals surface area contributed by atoms with Crippen LogP contribution in [0.2, 0.25) is 0 Å². The molecule has 2 heterocycles. The van der Waals surface area contributed by atoms with E-state index in [1.54, 1.807) is 25.1 Å². The van der Waals surface area contributed by atoms with Crippen molar-refractivity contribution in [2.75, 3.05) is 20.1 Å². The number of fused-ring (bicyclic) bond motifs is 2. The van der Waals surface area contributed by atoms with Gasteiger partial charge in [0, 0.05) is 43.8 Å². The third-order valence-corrected chi connectivity index (χ3v) is 8.27. The van der Waals surface area contributed by atoms with E-state index >= 15 is 0 Å². The molecule has 150 valence electrons. The summed E-state index contributed by atoms with van der Waals surface area (Å²) in [5.74, 6) is -0.0997. The van der Waals surface area contributed by atoms with E-state index in [2.05, 4.69) is 5.32 Å². The van der Waals surface area contributed by atoms with Crippen LogP contribution < -0.4 is 5.32 Å². The minimum Gasteiger partial charge on any atom is -0.339 e. The number of piperidine rings is 1. The highest BCUT2D eigenvalue weighted by Gasteiger charge is 2.36. The number of carbonyl (C=O) groups is 1. The number of sulfonamides is 1. The van der Waals surface area contributed by atoms with Crippen LogP contribution in [0.4, 0.5) is 0 Å². The fourth-order valence-corrected chi connectivity index (χ4v) is 6.14. The SMILES string of the molecule is CCN(CC)S(=O)(=O)c1cc(C(=O)N(C)C2CC3CCC(C2)N3)ccc1C. The molecule has 0 radical (unpaired) electrons. The summed E-state index contributed by atoms with van der Waals surface area (Å²) in [6.07, 6.45) is 4.30. The van der Waals surface area contributed by atoms with Crippen LogP contribution in [0.15, 0.2) is 23.1 Å². The van der Waals surface area contributed by atoms with Gasteiger partial charge in [-0.2, -0.15) is 4.31 Å². The lowest BCUT2D eigenvalue weighted by atomic mass is 9.98. The molecule has 6 nitrogen and oxygen atoms in total. The van der Waals surface area contributed by atoms with Gasteiger partial charge in [0.2, 0.25) is 10.0 Å². The molecular weight excluding hydrogens is 362 g/mol. The first-order valence-electron chi connectivity index (χ1n) is 9.91. The number of amides is 1. The molecule has 2 unspecified atom stereocenters. The first-order chi connectivity index (χ1) is 12.8. The van der Waals surface area contributed by atoms with Gasteiger partial charge >= 0.3 is 0 Å². The summed E-state index contributed by atoms with van der Waals surface area (Å²) in [5.41, 5.74) is 1.11. The van der Waals surface area contributed by atoms with Crippen molar-refractivity contribution >= 4 is 15.9 Å². The maximum absolute atomic E-state index is 13.1. The van der Waals surface area contributed by atoms with Gasteiger partial charge in [-0.15, -0.1) is 0 Å². The molecule has 27 heavy (non-hydrogen) atoms. The average molecular weight is 394 g/mol. The van der Waals surface area contributed by atoms with Gasteiger partial charge in [-0.3, -0.25) is 4.79 Å². The summed E-state index contributed by atoms with van der Waals surface area (Å²) in [5, 5.41) is 3.59. The van der Waals surface area contributed by atoms with Gasteiger partial charge in [0.25, 0.3) is 5.91 Å². The molecule has 1 amide bonds. The van der Waals surface area contributed by atoms with Crippen molar-refractivity contribution in [2.45, 2.75) is 69.5 Å². The Morgan fingerprint density at radius 2 is 1.74 bits per heavy atom. The number of aryl methyl sites for hydroxylation is 1.